The van der Waals surface area contributed by atoms with Crippen LogP contribution in [-0.2, 0) is 0 Å². The molecule has 0 aliphatic rings. The van der Waals surface area contributed by atoms with Gasteiger partial charge in [0.2, 0.25) is 0 Å². The standard InChI is InChI=1S/C8H11IN6O/c1-4-5-6(11-2)7(9)15(13-5)8(12-10)14(3)16/h1,11,16H,10H2,2-3H3. The van der Waals surface area contributed by atoms with Gasteiger partial charge in [-0.3, -0.25) is 5.21 Å². The van der Waals surface area contributed by atoms with Crippen LogP contribution >= 0.6 is 22.6 Å². The summed E-state index contributed by atoms with van der Waals surface area (Å²) in [5, 5.41) is 20.5. The highest BCUT2D eigenvalue weighted by Crippen LogP contribution is 2.21. The topological polar surface area (TPSA) is 91.7 Å². The number of nitrogens with one attached hydrogen (secondary N) is 1. The Balaban J connectivity index is 3.37. The lowest BCUT2D eigenvalue weighted by atomic mass is 10.4. The molecule has 0 spiro atoms. The molecule has 16 heavy (non-hydrogen) atoms. The van der Waals surface area contributed by atoms with Crippen LogP contribution in [0.2, 0.25) is 0 Å². The van der Waals surface area contributed by atoms with E-state index in [9.17, 15) is 5.21 Å². The third-order valence-electron chi connectivity index (χ3n) is 1.81. The van der Waals surface area contributed by atoms with Gasteiger partial charge >= 0.3 is 0 Å². The fourth-order valence-electron chi connectivity index (χ4n) is 1.13. The maximum atomic E-state index is 9.32. The number of hydrogen-bond donors (Lipinski definition) is 3. The summed E-state index contributed by atoms with van der Waals surface area (Å²) in [4.78, 5) is 0. The molecule has 1 aromatic rings. The van der Waals surface area contributed by atoms with Crippen LogP contribution in [-0.4, -0.2) is 40.1 Å². The van der Waals surface area contributed by atoms with Crippen LogP contribution < -0.4 is 11.2 Å². The highest BCUT2D eigenvalue weighted by molar-refractivity contribution is 14.1. The monoisotopic (exact) mass is 334 g/mol. The van der Waals surface area contributed by atoms with Gasteiger partial charge in [-0.2, -0.15) is 9.78 Å². The van der Waals surface area contributed by atoms with Crippen molar-refractivity contribution in [2.45, 2.75) is 0 Å². The van der Waals surface area contributed by atoms with Gasteiger partial charge in [-0.1, -0.05) is 0 Å². The molecule has 86 valence electrons. The highest BCUT2D eigenvalue weighted by atomic mass is 127. The lowest BCUT2D eigenvalue weighted by molar-refractivity contribution is 0.00821. The molecular weight excluding hydrogens is 323 g/mol. The first-order valence-electron chi connectivity index (χ1n) is 4.20. The van der Waals surface area contributed by atoms with E-state index < -0.39 is 0 Å². The molecule has 1 heterocycles. The van der Waals surface area contributed by atoms with Gasteiger partial charge in [0.25, 0.3) is 5.96 Å². The predicted molar refractivity (Wildman–Crippen MR) is 69.0 cm³/mol. The zero-order valence-electron chi connectivity index (χ0n) is 8.77. The zero-order valence-corrected chi connectivity index (χ0v) is 10.9. The molecule has 0 saturated carbocycles. The summed E-state index contributed by atoms with van der Waals surface area (Å²) in [6, 6.07) is 0. The number of hydroxylamine groups is 2. The quantitative estimate of drug-likeness (QED) is 0.167. The summed E-state index contributed by atoms with van der Waals surface area (Å²) in [7, 11) is 3.12. The highest BCUT2D eigenvalue weighted by Gasteiger charge is 2.18. The number of nitrogens with zero attached hydrogens (tertiary/aromatic N) is 4. The minimum Gasteiger partial charge on any atom is -0.384 e. The fraction of sp³-hybridized carbons (Fsp3) is 0.250. The Morgan fingerprint density at radius 1 is 1.81 bits per heavy atom. The second-order valence-electron chi connectivity index (χ2n) is 2.77. The number of nitrogens with two attached hydrogens (primary N) is 1. The molecule has 1 rings (SSSR count). The van der Waals surface area contributed by atoms with Crippen LogP contribution in [0, 0.1) is 16.0 Å². The van der Waals surface area contributed by atoms with Crippen molar-refractivity contribution < 1.29 is 5.21 Å². The predicted octanol–water partition coefficient (Wildman–Crippen LogP) is -0.0905. The van der Waals surface area contributed by atoms with Gasteiger partial charge in [-0.25, -0.2) is 5.06 Å². The van der Waals surface area contributed by atoms with E-state index in [2.05, 4.69) is 21.4 Å². The normalized spacial score (nSPS) is 11.1. The third kappa shape index (κ3) is 2.05. The fourth-order valence-corrected chi connectivity index (χ4v) is 1.98. The molecule has 0 atom stereocenters. The van der Waals surface area contributed by atoms with Crippen molar-refractivity contribution in [1.29, 1.82) is 0 Å². The Morgan fingerprint density at radius 3 is 2.75 bits per heavy atom. The van der Waals surface area contributed by atoms with Crippen LogP contribution in [0.5, 0.6) is 0 Å². The van der Waals surface area contributed by atoms with Crippen molar-refractivity contribution in [2.75, 3.05) is 19.4 Å². The lowest BCUT2D eigenvalue weighted by Crippen LogP contribution is -2.32. The first-order valence-corrected chi connectivity index (χ1v) is 5.28. The van der Waals surface area contributed by atoms with Crippen molar-refractivity contribution in [3.05, 3.63) is 9.39 Å². The Kier molecular flexibility index (Phi) is 3.97. The summed E-state index contributed by atoms with van der Waals surface area (Å²) in [5.74, 6) is 7.67. The van der Waals surface area contributed by atoms with E-state index in [4.69, 9.17) is 12.3 Å². The van der Waals surface area contributed by atoms with Crippen molar-refractivity contribution >= 4 is 34.2 Å². The smallest absolute Gasteiger partial charge is 0.268 e. The summed E-state index contributed by atoms with van der Waals surface area (Å²) in [6.45, 7) is 0. The van der Waals surface area contributed by atoms with E-state index in [-0.39, 0.29) is 5.96 Å². The molecule has 0 unspecified atom stereocenters. The lowest BCUT2D eigenvalue weighted by Gasteiger charge is -2.12. The van der Waals surface area contributed by atoms with E-state index in [0.717, 1.165) is 5.06 Å². The van der Waals surface area contributed by atoms with E-state index in [0.29, 0.717) is 15.1 Å². The van der Waals surface area contributed by atoms with Gasteiger partial charge in [-0.15, -0.1) is 11.5 Å². The average Bonchev–Trinajstić information content (AvgIpc) is 2.56. The van der Waals surface area contributed by atoms with Gasteiger partial charge < -0.3 is 11.2 Å². The molecular formula is C8H11IN6O. The molecule has 0 aliphatic heterocycles. The number of halogens is 1. The number of hydrazone groups is 1. The minimum atomic E-state index is 0.0717. The molecule has 7 nitrogen and oxygen atoms in total. The van der Waals surface area contributed by atoms with Crippen molar-refractivity contribution in [1.82, 2.24) is 14.8 Å². The number of terminal acetylenes is 1. The Labute approximate surface area is 106 Å². The largest absolute Gasteiger partial charge is 0.384 e. The molecule has 0 aliphatic carbocycles. The summed E-state index contributed by atoms with van der Waals surface area (Å²) < 4.78 is 2.03. The maximum absolute atomic E-state index is 9.32. The Morgan fingerprint density at radius 2 is 2.44 bits per heavy atom. The summed E-state index contributed by atoms with van der Waals surface area (Å²) in [6.07, 6.45) is 5.31. The van der Waals surface area contributed by atoms with Crippen LogP contribution in [0.25, 0.3) is 0 Å². The summed E-state index contributed by atoms with van der Waals surface area (Å²) in [5.41, 5.74) is 1.11. The van der Waals surface area contributed by atoms with E-state index in [1.54, 1.807) is 7.05 Å². The number of anilines is 1. The maximum Gasteiger partial charge on any atom is 0.268 e. The first kappa shape index (κ1) is 12.6. The van der Waals surface area contributed by atoms with Crippen molar-refractivity contribution in [3.63, 3.8) is 0 Å². The van der Waals surface area contributed by atoms with Gasteiger partial charge in [-0.05, 0) is 28.5 Å². The number of rotatable bonds is 1. The Hall–Kier alpha value is -1.47. The first-order chi connectivity index (χ1) is 7.56. The van der Waals surface area contributed by atoms with Crippen molar-refractivity contribution in [2.24, 2.45) is 10.9 Å². The van der Waals surface area contributed by atoms with Gasteiger partial charge in [0.15, 0.2) is 5.69 Å². The molecule has 0 aromatic carbocycles. The molecule has 0 saturated heterocycles. The molecule has 1 aromatic heterocycles. The second kappa shape index (κ2) is 5.04. The van der Waals surface area contributed by atoms with E-state index >= 15 is 0 Å². The molecule has 0 amide bonds. The summed E-state index contributed by atoms with van der Waals surface area (Å²) >= 11 is 2.03. The van der Waals surface area contributed by atoms with Gasteiger partial charge in [0, 0.05) is 14.1 Å². The molecule has 4 N–H and O–H groups in total. The molecule has 0 bridgehead atoms. The SMILES string of the molecule is C#Cc1nn(C(=NN)N(C)O)c(I)c1NC. The minimum absolute atomic E-state index is 0.0717. The van der Waals surface area contributed by atoms with Crippen molar-refractivity contribution in [3.8, 4) is 12.3 Å². The number of hydrogen-bond acceptors (Lipinski definition) is 5. The molecule has 0 fully saturated rings. The van der Waals surface area contributed by atoms with E-state index in [1.807, 2.05) is 22.6 Å². The van der Waals surface area contributed by atoms with E-state index in [1.165, 1.54) is 11.7 Å². The number of aromatic nitrogens is 2. The zero-order chi connectivity index (χ0) is 12.3. The van der Waals surface area contributed by atoms with Gasteiger partial charge in [0.1, 0.15) is 9.39 Å². The van der Waals surface area contributed by atoms with Crippen LogP contribution in [0.1, 0.15) is 5.69 Å². The molecule has 8 heteroatoms. The van der Waals surface area contributed by atoms with Crippen LogP contribution in [0.4, 0.5) is 5.69 Å². The van der Waals surface area contributed by atoms with Crippen LogP contribution in [0.15, 0.2) is 5.10 Å². The average molecular weight is 334 g/mol. The van der Waals surface area contributed by atoms with Crippen LogP contribution in [0.3, 0.4) is 0 Å². The molecule has 0 radical (unpaired) electrons. The van der Waals surface area contributed by atoms with Gasteiger partial charge in [0.05, 0.1) is 0 Å². The second-order valence-corrected chi connectivity index (χ2v) is 3.80. The third-order valence-corrected chi connectivity index (χ3v) is 2.81. The Bertz CT molecular complexity index is 458.